The molecule has 1 aromatic rings. The van der Waals surface area contributed by atoms with Gasteiger partial charge in [-0.3, -0.25) is 0 Å². The average molecular weight is 346 g/mol. The Balaban J connectivity index is 1.75. The highest BCUT2D eigenvalue weighted by Crippen LogP contribution is 2.34. The Bertz CT molecular complexity index is 546. The van der Waals surface area contributed by atoms with Crippen LogP contribution in [-0.2, 0) is 6.18 Å². The number of ether oxygens (including phenoxy) is 1. The minimum Gasteiger partial charge on any atom is -0.475 e. The summed E-state index contributed by atoms with van der Waals surface area (Å²) in [6.45, 7) is 5.97. The fraction of sp³-hybridized carbons (Fsp3) is 0.600. The number of likely N-dealkylation sites (N-methyl/N-ethyl adjacent to an activating group) is 1. The number of rotatable bonds is 5. The summed E-state index contributed by atoms with van der Waals surface area (Å²) in [7, 11) is 0. The zero-order chi connectivity index (χ0) is 17.6. The zero-order valence-electron chi connectivity index (χ0n) is 13.5. The number of nitrogens with zero attached hydrogens (tertiary/aromatic N) is 3. The topological polar surface area (TPSA) is 57.7 Å². The number of alkyl halides is 3. The molecule has 1 N–H and O–H groups in total. The molecule has 9 heteroatoms. The fourth-order valence-electron chi connectivity index (χ4n) is 2.41. The summed E-state index contributed by atoms with van der Waals surface area (Å²) in [5.74, 6) is -0.476. The molecular formula is C15H21F3N4O2. The lowest BCUT2D eigenvalue weighted by Crippen LogP contribution is -2.52. The lowest BCUT2D eigenvalue weighted by atomic mass is 10.2. The third-order valence-corrected chi connectivity index (χ3v) is 3.80. The first-order valence-electron chi connectivity index (χ1n) is 7.82. The van der Waals surface area contributed by atoms with E-state index in [0.29, 0.717) is 13.1 Å². The SMILES string of the molecule is CCN1CCN(C(=O)NCCOc2ncccc2C(F)(F)F)CC1. The summed E-state index contributed by atoms with van der Waals surface area (Å²) >= 11 is 0. The number of carbonyl (C=O) groups excluding carboxylic acids is 1. The number of pyridine rings is 1. The molecule has 0 aliphatic carbocycles. The molecule has 0 spiro atoms. The monoisotopic (exact) mass is 346 g/mol. The molecule has 6 nitrogen and oxygen atoms in total. The van der Waals surface area contributed by atoms with Gasteiger partial charge >= 0.3 is 12.2 Å². The molecule has 2 heterocycles. The largest absolute Gasteiger partial charge is 0.475 e. The van der Waals surface area contributed by atoms with Crippen LogP contribution in [0.2, 0.25) is 0 Å². The van der Waals surface area contributed by atoms with Crippen molar-refractivity contribution in [2.24, 2.45) is 0 Å². The van der Waals surface area contributed by atoms with E-state index in [9.17, 15) is 18.0 Å². The summed E-state index contributed by atoms with van der Waals surface area (Å²) in [6, 6.07) is 1.88. The lowest BCUT2D eigenvalue weighted by Gasteiger charge is -2.33. The van der Waals surface area contributed by atoms with Crippen molar-refractivity contribution in [3.8, 4) is 5.88 Å². The molecule has 1 aliphatic rings. The van der Waals surface area contributed by atoms with Crippen molar-refractivity contribution in [3.63, 3.8) is 0 Å². The molecule has 2 amide bonds. The molecule has 0 aromatic carbocycles. The van der Waals surface area contributed by atoms with Gasteiger partial charge in [0, 0.05) is 32.4 Å². The number of carbonyl (C=O) groups is 1. The van der Waals surface area contributed by atoms with Gasteiger partial charge in [-0.05, 0) is 18.7 Å². The van der Waals surface area contributed by atoms with Gasteiger partial charge in [0.2, 0.25) is 5.88 Å². The van der Waals surface area contributed by atoms with E-state index in [0.717, 1.165) is 25.7 Å². The van der Waals surface area contributed by atoms with Gasteiger partial charge in [-0.15, -0.1) is 0 Å². The average Bonchev–Trinajstić information content (AvgIpc) is 2.58. The first kappa shape index (κ1) is 18.3. The van der Waals surface area contributed by atoms with Crippen molar-refractivity contribution in [2.45, 2.75) is 13.1 Å². The van der Waals surface area contributed by atoms with Crippen LogP contribution < -0.4 is 10.1 Å². The zero-order valence-corrected chi connectivity index (χ0v) is 13.5. The van der Waals surface area contributed by atoms with Crippen molar-refractivity contribution in [1.82, 2.24) is 20.1 Å². The second kappa shape index (κ2) is 8.18. The van der Waals surface area contributed by atoms with E-state index >= 15 is 0 Å². The van der Waals surface area contributed by atoms with Crippen LogP contribution in [0.3, 0.4) is 0 Å². The standard InChI is InChI=1S/C15H21F3N4O2/c1-2-21-7-9-22(10-8-21)14(23)20-6-11-24-13-12(15(16,17)18)4-3-5-19-13/h3-5H,2,6-11H2,1H3,(H,20,23). The minimum absolute atomic E-state index is 0.0826. The van der Waals surface area contributed by atoms with Crippen LogP contribution >= 0.6 is 0 Å². The number of amides is 2. The molecule has 1 aliphatic heterocycles. The van der Waals surface area contributed by atoms with Crippen LogP contribution in [0.1, 0.15) is 12.5 Å². The van der Waals surface area contributed by atoms with E-state index in [4.69, 9.17) is 4.74 Å². The molecule has 0 radical (unpaired) electrons. The van der Waals surface area contributed by atoms with Crippen molar-refractivity contribution < 1.29 is 22.7 Å². The molecule has 0 atom stereocenters. The van der Waals surface area contributed by atoms with Gasteiger partial charge in [-0.1, -0.05) is 6.92 Å². The molecule has 0 unspecified atom stereocenters. The van der Waals surface area contributed by atoms with Gasteiger partial charge in [0.1, 0.15) is 12.2 Å². The molecule has 1 saturated heterocycles. The smallest absolute Gasteiger partial charge is 0.421 e. The molecule has 0 saturated carbocycles. The number of aromatic nitrogens is 1. The van der Waals surface area contributed by atoms with Crippen molar-refractivity contribution in [3.05, 3.63) is 23.9 Å². The first-order chi connectivity index (χ1) is 11.4. The Morgan fingerprint density at radius 3 is 2.67 bits per heavy atom. The Morgan fingerprint density at radius 2 is 2.04 bits per heavy atom. The number of nitrogens with one attached hydrogen (secondary N) is 1. The number of hydrogen-bond donors (Lipinski definition) is 1. The van der Waals surface area contributed by atoms with Gasteiger partial charge in [0.25, 0.3) is 0 Å². The van der Waals surface area contributed by atoms with E-state index in [-0.39, 0.29) is 19.2 Å². The van der Waals surface area contributed by atoms with Gasteiger partial charge in [0.05, 0.1) is 6.54 Å². The predicted octanol–water partition coefficient (Wildman–Crippen LogP) is 1.83. The van der Waals surface area contributed by atoms with Crippen LogP contribution in [0, 0.1) is 0 Å². The summed E-state index contributed by atoms with van der Waals surface area (Å²) in [5, 5.41) is 2.65. The summed E-state index contributed by atoms with van der Waals surface area (Å²) in [6.07, 6.45) is -3.29. The maximum atomic E-state index is 12.8. The van der Waals surface area contributed by atoms with Crippen LogP contribution in [0.15, 0.2) is 18.3 Å². The third-order valence-electron chi connectivity index (χ3n) is 3.80. The van der Waals surface area contributed by atoms with Gasteiger partial charge in [-0.2, -0.15) is 13.2 Å². The Labute approximate surface area is 138 Å². The maximum absolute atomic E-state index is 12.8. The molecule has 2 rings (SSSR count). The molecular weight excluding hydrogens is 325 g/mol. The second-order valence-corrected chi connectivity index (χ2v) is 5.36. The van der Waals surface area contributed by atoms with Crippen molar-refractivity contribution >= 4 is 6.03 Å². The van der Waals surface area contributed by atoms with E-state index in [2.05, 4.69) is 22.1 Å². The van der Waals surface area contributed by atoms with Crippen molar-refractivity contribution in [2.75, 3.05) is 45.9 Å². The van der Waals surface area contributed by atoms with E-state index in [1.54, 1.807) is 4.90 Å². The molecule has 1 aromatic heterocycles. The second-order valence-electron chi connectivity index (χ2n) is 5.36. The van der Waals surface area contributed by atoms with Crippen LogP contribution in [0.5, 0.6) is 5.88 Å². The number of halogens is 3. The van der Waals surface area contributed by atoms with E-state index < -0.39 is 17.6 Å². The number of hydrogen-bond acceptors (Lipinski definition) is 4. The third kappa shape index (κ3) is 4.98. The van der Waals surface area contributed by atoms with Crippen LogP contribution in [0.4, 0.5) is 18.0 Å². The maximum Gasteiger partial charge on any atom is 0.421 e. The molecule has 134 valence electrons. The number of piperazine rings is 1. The highest BCUT2D eigenvalue weighted by Gasteiger charge is 2.35. The quantitative estimate of drug-likeness (QED) is 0.827. The summed E-state index contributed by atoms with van der Waals surface area (Å²) in [4.78, 5) is 19.5. The Kier molecular flexibility index (Phi) is 6.24. The number of urea groups is 1. The minimum atomic E-state index is -4.52. The highest BCUT2D eigenvalue weighted by atomic mass is 19.4. The van der Waals surface area contributed by atoms with E-state index in [1.807, 2.05) is 0 Å². The molecule has 24 heavy (non-hydrogen) atoms. The Hall–Kier alpha value is -2.03. The first-order valence-corrected chi connectivity index (χ1v) is 7.82. The fourth-order valence-corrected chi connectivity index (χ4v) is 2.41. The van der Waals surface area contributed by atoms with E-state index in [1.165, 1.54) is 12.3 Å². The van der Waals surface area contributed by atoms with Crippen LogP contribution in [-0.4, -0.2) is 66.7 Å². The molecule has 1 fully saturated rings. The lowest BCUT2D eigenvalue weighted by molar-refractivity contribution is -0.139. The van der Waals surface area contributed by atoms with Gasteiger partial charge in [-0.25, -0.2) is 9.78 Å². The Morgan fingerprint density at radius 1 is 1.33 bits per heavy atom. The summed E-state index contributed by atoms with van der Waals surface area (Å²) < 4.78 is 43.4. The van der Waals surface area contributed by atoms with Gasteiger partial charge < -0.3 is 19.9 Å². The van der Waals surface area contributed by atoms with Gasteiger partial charge in [0.15, 0.2) is 0 Å². The van der Waals surface area contributed by atoms with Crippen molar-refractivity contribution in [1.29, 1.82) is 0 Å². The predicted molar refractivity (Wildman–Crippen MR) is 81.8 cm³/mol. The molecule has 0 bridgehead atoms. The highest BCUT2D eigenvalue weighted by molar-refractivity contribution is 5.74. The normalized spacial score (nSPS) is 16.1. The van der Waals surface area contributed by atoms with Crippen LogP contribution in [0.25, 0.3) is 0 Å². The summed E-state index contributed by atoms with van der Waals surface area (Å²) in [5.41, 5.74) is -0.924.